The van der Waals surface area contributed by atoms with Gasteiger partial charge in [-0.3, -0.25) is 9.59 Å². The third-order valence-electron chi connectivity index (χ3n) is 5.35. The van der Waals surface area contributed by atoms with Crippen LogP contribution < -0.4 is 0 Å². The van der Waals surface area contributed by atoms with Gasteiger partial charge in [-0.15, -0.1) is 11.3 Å². The molecule has 1 atom stereocenters. The fourth-order valence-electron chi connectivity index (χ4n) is 3.35. The van der Waals surface area contributed by atoms with Gasteiger partial charge >= 0.3 is 0 Å². The third kappa shape index (κ3) is 3.42. The Kier molecular flexibility index (Phi) is 4.99. The second-order valence-corrected chi connectivity index (χ2v) is 7.65. The first kappa shape index (κ1) is 16.4. The van der Waals surface area contributed by atoms with Crippen LogP contribution in [0.15, 0.2) is 11.6 Å². The highest BCUT2D eigenvalue weighted by molar-refractivity contribution is 7.09. The lowest BCUT2D eigenvalue weighted by Gasteiger charge is -2.37. The van der Waals surface area contributed by atoms with Crippen molar-refractivity contribution in [2.75, 3.05) is 20.1 Å². The van der Waals surface area contributed by atoms with Crippen molar-refractivity contribution in [1.29, 1.82) is 0 Å². The topological polar surface area (TPSA) is 53.5 Å². The number of likely N-dealkylation sites (tertiary alicyclic amines) is 1. The van der Waals surface area contributed by atoms with E-state index in [1.165, 1.54) is 6.42 Å². The summed E-state index contributed by atoms with van der Waals surface area (Å²) in [6.07, 6.45) is 6.63. The summed E-state index contributed by atoms with van der Waals surface area (Å²) >= 11 is 1.58. The Hall–Kier alpha value is -1.43. The minimum atomic E-state index is 0.0112. The van der Waals surface area contributed by atoms with Crippen molar-refractivity contribution in [2.24, 2.45) is 11.8 Å². The summed E-state index contributed by atoms with van der Waals surface area (Å²) in [5.41, 5.74) is 0. The quantitative estimate of drug-likeness (QED) is 0.850. The summed E-state index contributed by atoms with van der Waals surface area (Å²) in [5.74, 6) is 0.790. The molecule has 0 bridgehead atoms. The van der Waals surface area contributed by atoms with Crippen molar-refractivity contribution in [1.82, 2.24) is 14.8 Å². The largest absolute Gasteiger partial charge is 0.342 e. The summed E-state index contributed by atoms with van der Waals surface area (Å²) in [6, 6.07) is 0.0112. The van der Waals surface area contributed by atoms with Crippen LogP contribution in [-0.4, -0.2) is 46.7 Å². The second-order valence-electron chi connectivity index (χ2n) is 6.72. The molecular formula is C17H25N3O2S. The van der Waals surface area contributed by atoms with E-state index >= 15 is 0 Å². The van der Waals surface area contributed by atoms with Crippen molar-refractivity contribution >= 4 is 23.2 Å². The van der Waals surface area contributed by atoms with Gasteiger partial charge in [-0.25, -0.2) is 4.98 Å². The van der Waals surface area contributed by atoms with Gasteiger partial charge in [0.05, 0.1) is 6.04 Å². The lowest BCUT2D eigenvalue weighted by molar-refractivity contribution is -0.144. The highest BCUT2D eigenvalue weighted by Crippen LogP contribution is 2.31. The van der Waals surface area contributed by atoms with E-state index in [2.05, 4.69) is 4.98 Å². The summed E-state index contributed by atoms with van der Waals surface area (Å²) < 4.78 is 0. The SMILES string of the molecule is C[C@@H](c1nccs1)N(C)C(=O)C1CCN(C(=O)C2CCC2)CC1. The lowest BCUT2D eigenvalue weighted by atomic mass is 9.83. The number of carbonyl (C=O) groups is 2. The first-order valence-corrected chi connectivity index (χ1v) is 9.40. The van der Waals surface area contributed by atoms with Crippen LogP contribution in [-0.2, 0) is 9.59 Å². The summed E-state index contributed by atoms with van der Waals surface area (Å²) in [6.45, 7) is 3.47. The molecule has 1 aliphatic heterocycles. The average Bonchev–Trinajstić information content (AvgIpc) is 3.05. The van der Waals surface area contributed by atoms with Gasteiger partial charge in [0.1, 0.15) is 5.01 Å². The highest BCUT2D eigenvalue weighted by Gasteiger charge is 2.34. The van der Waals surface area contributed by atoms with Crippen LogP contribution in [0.2, 0.25) is 0 Å². The molecule has 0 radical (unpaired) electrons. The molecule has 1 aliphatic carbocycles. The zero-order chi connectivity index (χ0) is 16.4. The number of rotatable bonds is 4. The van der Waals surface area contributed by atoms with E-state index in [1.807, 2.05) is 29.2 Å². The maximum Gasteiger partial charge on any atom is 0.226 e. The Bertz CT molecular complexity index is 548. The van der Waals surface area contributed by atoms with Crippen LogP contribution in [0.5, 0.6) is 0 Å². The zero-order valence-corrected chi connectivity index (χ0v) is 14.7. The van der Waals surface area contributed by atoms with E-state index in [0.29, 0.717) is 5.91 Å². The van der Waals surface area contributed by atoms with Gasteiger partial charge in [0.2, 0.25) is 11.8 Å². The van der Waals surface area contributed by atoms with Crippen LogP contribution in [0, 0.1) is 11.8 Å². The summed E-state index contributed by atoms with van der Waals surface area (Å²) in [7, 11) is 1.86. The fourth-order valence-corrected chi connectivity index (χ4v) is 4.08. The molecule has 0 spiro atoms. The molecular weight excluding hydrogens is 310 g/mol. The molecule has 2 aliphatic rings. The minimum absolute atomic E-state index is 0.0112. The molecule has 6 heteroatoms. The Morgan fingerprint density at radius 3 is 2.48 bits per heavy atom. The van der Waals surface area contributed by atoms with Crippen molar-refractivity contribution in [2.45, 2.75) is 45.1 Å². The second kappa shape index (κ2) is 6.99. The van der Waals surface area contributed by atoms with E-state index < -0.39 is 0 Å². The number of hydrogen-bond donors (Lipinski definition) is 0. The normalized spacial score (nSPS) is 20.9. The third-order valence-corrected chi connectivity index (χ3v) is 6.29. The molecule has 3 rings (SSSR count). The Morgan fingerprint density at radius 2 is 1.96 bits per heavy atom. The maximum absolute atomic E-state index is 12.7. The molecule has 23 heavy (non-hydrogen) atoms. The predicted octanol–water partition coefficient (Wildman–Crippen LogP) is 2.70. The molecule has 0 unspecified atom stereocenters. The van der Waals surface area contributed by atoms with Gasteiger partial charge in [0, 0.05) is 43.5 Å². The molecule has 2 amide bonds. The smallest absolute Gasteiger partial charge is 0.226 e. The number of nitrogens with zero attached hydrogens (tertiary/aromatic N) is 3. The molecule has 2 heterocycles. The van der Waals surface area contributed by atoms with Crippen LogP contribution in [0.1, 0.15) is 50.1 Å². The lowest BCUT2D eigenvalue weighted by Crippen LogP contribution is -2.46. The molecule has 1 saturated carbocycles. The van der Waals surface area contributed by atoms with Gasteiger partial charge in [-0.05, 0) is 32.6 Å². The van der Waals surface area contributed by atoms with E-state index in [0.717, 1.165) is 43.8 Å². The van der Waals surface area contributed by atoms with Crippen LogP contribution >= 0.6 is 11.3 Å². The number of piperidine rings is 1. The average molecular weight is 335 g/mol. The van der Waals surface area contributed by atoms with Gasteiger partial charge < -0.3 is 9.80 Å². The van der Waals surface area contributed by atoms with Gasteiger partial charge in [0.15, 0.2) is 0 Å². The minimum Gasteiger partial charge on any atom is -0.342 e. The summed E-state index contributed by atoms with van der Waals surface area (Å²) in [4.78, 5) is 33.1. The van der Waals surface area contributed by atoms with Gasteiger partial charge in [0.25, 0.3) is 0 Å². The number of amides is 2. The number of carbonyl (C=O) groups excluding carboxylic acids is 2. The van der Waals surface area contributed by atoms with Crippen LogP contribution in [0.3, 0.4) is 0 Å². The molecule has 0 aromatic carbocycles. The standard InChI is InChI=1S/C17H25N3O2S/c1-12(15-18-8-11-23-15)19(2)16(21)14-6-9-20(10-7-14)17(22)13-4-3-5-13/h8,11-14H,3-7,9-10H2,1-2H3/t12-/m0/s1. The molecule has 126 valence electrons. The number of thiazole rings is 1. The number of hydrogen-bond acceptors (Lipinski definition) is 4. The van der Waals surface area contributed by atoms with E-state index in [-0.39, 0.29) is 23.8 Å². The first-order valence-electron chi connectivity index (χ1n) is 8.52. The Balaban J connectivity index is 1.52. The molecule has 1 aromatic rings. The predicted molar refractivity (Wildman–Crippen MR) is 89.9 cm³/mol. The van der Waals surface area contributed by atoms with E-state index in [4.69, 9.17) is 0 Å². The van der Waals surface area contributed by atoms with Crippen molar-refractivity contribution in [3.8, 4) is 0 Å². The number of aromatic nitrogens is 1. The summed E-state index contributed by atoms with van der Waals surface area (Å²) in [5, 5.41) is 2.91. The van der Waals surface area contributed by atoms with Crippen molar-refractivity contribution < 1.29 is 9.59 Å². The van der Waals surface area contributed by atoms with E-state index in [1.54, 1.807) is 17.5 Å². The van der Waals surface area contributed by atoms with Crippen LogP contribution in [0.4, 0.5) is 0 Å². The van der Waals surface area contributed by atoms with Crippen molar-refractivity contribution in [3.63, 3.8) is 0 Å². The first-order chi connectivity index (χ1) is 11.1. The molecule has 0 N–H and O–H groups in total. The Morgan fingerprint density at radius 1 is 1.26 bits per heavy atom. The van der Waals surface area contributed by atoms with Crippen LogP contribution in [0.25, 0.3) is 0 Å². The van der Waals surface area contributed by atoms with E-state index in [9.17, 15) is 9.59 Å². The zero-order valence-electron chi connectivity index (χ0n) is 13.9. The monoisotopic (exact) mass is 335 g/mol. The van der Waals surface area contributed by atoms with Gasteiger partial charge in [-0.2, -0.15) is 0 Å². The van der Waals surface area contributed by atoms with Gasteiger partial charge in [-0.1, -0.05) is 6.42 Å². The highest BCUT2D eigenvalue weighted by atomic mass is 32.1. The fraction of sp³-hybridized carbons (Fsp3) is 0.706. The Labute approximate surface area is 141 Å². The van der Waals surface area contributed by atoms with Crippen molar-refractivity contribution in [3.05, 3.63) is 16.6 Å². The molecule has 5 nitrogen and oxygen atoms in total. The molecule has 1 aromatic heterocycles. The molecule has 2 fully saturated rings. The maximum atomic E-state index is 12.7. The molecule has 1 saturated heterocycles.